The highest BCUT2D eigenvalue weighted by Crippen LogP contribution is 2.29. The fourth-order valence-electron chi connectivity index (χ4n) is 1.38. The molecule has 1 atom stereocenters. The first kappa shape index (κ1) is 14.9. The quantitative estimate of drug-likeness (QED) is 0.638. The van der Waals surface area contributed by atoms with Crippen LogP contribution in [0.25, 0.3) is 0 Å². The van der Waals surface area contributed by atoms with Crippen molar-refractivity contribution in [2.45, 2.75) is 13.0 Å². The maximum Gasteiger partial charge on any atom is 0.270 e. The van der Waals surface area contributed by atoms with E-state index in [9.17, 15) is 20.0 Å². The molecule has 0 bridgehead atoms. The maximum atomic E-state index is 11.4. The van der Waals surface area contributed by atoms with Crippen molar-refractivity contribution in [3.8, 4) is 5.75 Å². The highest BCUT2D eigenvalue weighted by Gasteiger charge is 2.16. The van der Waals surface area contributed by atoms with Gasteiger partial charge in [-0.25, -0.2) is 0 Å². The first-order valence-corrected chi connectivity index (χ1v) is 5.62. The number of nitro groups is 1. The van der Waals surface area contributed by atoms with Crippen molar-refractivity contribution in [3.05, 3.63) is 33.9 Å². The number of nitro benzene ring substituents is 1. The molecule has 104 valence electrons. The number of benzene rings is 1. The largest absolute Gasteiger partial charge is 0.483 e. The zero-order valence-electron chi connectivity index (χ0n) is 11.0. The van der Waals surface area contributed by atoms with Gasteiger partial charge in [0.15, 0.2) is 6.61 Å². The minimum absolute atomic E-state index is 0.137. The number of non-ortho nitro benzene ring substituents is 1. The van der Waals surface area contributed by atoms with Crippen molar-refractivity contribution in [2.75, 3.05) is 20.7 Å². The molecule has 1 amide bonds. The second-order valence-corrected chi connectivity index (χ2v) is 4.23. The molecule has 0 heterocycles. The Bertz CT molecular complexity index is 485. The predicted octanol–water partition coefficient (Wildman–Crippen LogP) is 1.12. The average Bonchev–Trinajstić information content (AvgIpc) is 2.35. The molecule has 1 rings (SSSR count). The average molecular weight is 268 g/mol. The topological polar surface area (TPSA) is 92.9 Å². The number of ether oxygens (including phenoxy) is 1. The smallest absolute Gasteiger partial charge is 0.270 e. The number of nitrogens with zero attached hydrogens (tertiary/aromatic N) is 2. The minimum atomic E-state index is -0.927. The summed E-state index contributed by atoms with van der Waals surface area (Å²) in [6.45, 7) is 1.28. The molecule has 19 heavy (non-hydrogen) atoms. The van der Waals surface area contributed by atoms with E-state index in [0.29, 0.717) is 0 Å². The van der Waals surface area contributed by atoms with Gasteiger partial charge in [-0.2, -0.15) is 0 Å². The van der Waals surface area contributed by atoms with Gasteiger partial charge in [-0.3, -0.25) is 14.9 Å². The molecule has 1 N–H and O–H groups in total. The molecule has 0 saturated heterocycles. The molecule has 0 aliphatic heterocycles. The van der Waals surface area contributed by atoms with Crippen LogP contribution in [0, 0.1) is 10.1 Å². The van der Waals surface area contributed by atoms with Crippen LogP contribution in [-0.2, 0) is 4.79 Å². The molecule has 0 spiro atoms. The zero-order valence-corrected chi connectivity index (χ0v) is 11.0. The Balaban J connectivity index is 2.94. The standard InChI is InChI=1S/C12H16N2O5/c1-8(15)10-6-9(14(17)18)4-5-11(10)19-7-12(16)13(2)3/h4-6,8,15H,7H2,1-3H3/t8-/m1/s1. The van der Waals surface area contributed by atoms with E-state index in [0.717, 1.165) is 0 Å². The van der Waals surface area contributed by atoms with Gasteiger partial charge in [-0.05, 0) is 13.0 Å². The summed E-state index contributed by atoms with van der Waals surface area (Å²) in [5.74, 6) is 0.0192. The van der Waals surface area contributed by atoms with E-state index in [-0.39, 0.29) is 29.5 Å². The van der Waals surface area contributed by atoms with Crippen LogP contribution in [0.15, 0.2) is 18.2 Å². The molecule has 0 aliphatic carbocycles. The van der Waals surface area contributed by atoms with E-state index in [1.807, 2.05) is 0 Å². The monoisotopic (exact) mass is 268 g/mol. The highest BCUT2D eigenvalue weighted by molar-refractivity contribution is 5.77. The number of rotatable bonds is 5. The molecule has 1 aromatic carbocycles. The number of amides is 1. The van der Waals surface area contributed by atoms with Crippen LogP contribution in [0.1, 0.15) is 18.6 Å². The van der Waals surface area contributed by atoms with Crippen LogP contribution < -0.4 is 4.74 Å². The van der Waals surface area contributed by atoms with Crippen molar-refractivity contribution >= 4 is 11.6 Å². The second-order valence-electron chi connectivity index (χ2n) is 4.23. The minimum Gasteiger partial charge on any atom is -0.483 e. The lowest BCUT2D eigenvalue weighted by atomic mass is 10.1. The van der Waals surface area contributed by atoms with Gasteiger partial charge in [0.05, 0.1) is 11.0 Å². The first-order valence-electron chi connectivity index (χ1n) is 5.62. The van der Waals surface area contributed by atoms with Crippen LogP contribution in [0.4, 0.5) is 5.69 Å². The summed E-state index contributed by atoms with van der Waals surface area (Å²) in [5.41, 5.74) is 0.142. The Kier molecular flexibility index (Phi) is 4.82. The van der Waals surface area contributed by atoms with Crippen molar-refractivity contribution < 1.29 is 19.6 Å². The van der Waals surface area contributed by atoms with Gasteiger partial charge in [-0.15, -0.1) is 0 Å². The van der Waals surface area contributed by atoms with E-state index < -0.39 is 11.0 Å². The summed E-state index contributed by atoms with van der Waals surface area (Å²) in [4.78, 5) is 22.9. The Morgan fingerprint density at radius 2 is 2.16 bits per heavy atom. The zero-order chi connectivity index (χ0) is 14.6. The van der Waals surface area contributed by atoms with E-state index in [1.54, 1.807) is 14.1 Å². The molecule has 0 aromatic heterocycles. The Hall–Kier alpha value is -2.15. The lowest BCUT2D eigenvalue weighted by Gasteiger charge is -2.15. The third-order valence-corrected chi connectivity index (χ3v) is 2.50. The molecule has 7 heteroatoms. The highest BCUT2D eigenvalue weighted by atomic mass is 16.6. The van der Waals surface area contributed by atoms with E-state index in [4.69, 9.17) is 4.74 Å². The van der Waals surface area contributed by atoms with Crippen molar-refractivity contribution in [3.63, 3.8) is 0 Å². The molecule has 0 unspecified atom stereocenters. The molecular weight excluding hydrogens is 252 g/mol. The Labute approximate surface area is 110 Å². The van der Waals surface area contributed by atoms with E-state index in [2.05, 4.69) is 0 Å². The molecular formula is C12H16N2O5. The molecule has 0 fully saturated rings. The Morgan fingerprint density at radius 3 is 2.63 bits per heavy atom. The van der Waals surface area contributed by atoms with Crippen LogP contribution in [0.2, 0.25) is 0 Å². The summed E-state index contributed by atoms with van der Waals surface area (Å²) < 4.78 is 5.28. The number of likely N-dealkylation sites (N-methyl/N-ethyl adjacent to an activating group) is 1. The molecule has 0 aliphatic rings. The Morgan fingerprint density at radius 1 is 1.53 bits per heavy atom. The van der Waals surface area contributed by atoms with Crippen LogP contribution in [-0.4, -0.2) is 41.5 Å². The van der Waals surface area contributed by atoms with Gasteiger partial charge in [0.1, 0.15) is 5.75 Å². The van der Waals surface area contributed by atoms with Gasteiger partial charge < -0.3 is 14.7 Å². The number of hydrogen-bond acceptors (Lipinski definition) is 5. The normalized spacial score (nSPS) is 11.8. The summed E-state index contributed by atoms with van der Waals surface area (Å²) in [6, 6.07) is 3.88. The fraction of sp³-hybridized carbons (Fsp3) is 0.417. The lowest BCUT2D eigenvalue weighted by Crippen LogP contribution is -2.27. The lowest BCUT2D eigenvalue weighted by molar-refractivity contribution is -0.385. The fourth-order valence-corrected chi connectivity index (χ4v) is 1.38. The predicted molar refractivity (Wildman–Crippen MR) is 67.9 cm³/mol. The van der Waals surface area contributed by atoms with Crippen molar-refractivity contribution in [2.24, 2.45) is 0 Å². The summed E-state index contributed by atoms with van der Waals surface area (Å²) in [7, 11) is 3.19. The number of carbonyl (C=O) groups excluding carboxylic acids is 1. The molecule has 0 radical (unpaired) electrons. The van der Waals surface area contributed by atoms with Crippen molar-refractivity contribution in [1.29, 1.82) is 0 Å². The summed E-state index contributed by atoms with van der Waals surface area (Å²) in [6.07, 6.45) is -0.927. The third-order valence-electron chi connectivity index (χ3n) is 2.50. The summed E-state index contributed by atoms with van der Waals surface area (Å²) >= 11 is 0. The molecule has 0 saturated carbocycles. The van der Waals surface area contributed by atoms with Crippen molar-refractivity contribution in [1.82, 2.24) is 4.90 Å². The number of carbonyl (C=O) groups is 1. The summed E-state index contributed by atoms with van der Waals surface area (Å²) in [5, 5.41) is 20.3. The SMILES string of the molecule is C[C@@H](O)c1cc([N+](=O)[O-])ccc1OCC(=O)N(C)C. The van der Waals surface area contributed by atoms with Crippen LogP contribution >= 0.6 is 0 Å². The first-order chi connectivity index (χ1) is 8.82. The van der Waals surface area contributed by atoms with Gasteiger partial charge in [0.2, 0.25) is 0 Å². The number of aliphatic hydroxyl groups is 1. The van der Waals surface area contributed by atoms with E-state index in [1.165, 1.54) is 30.0 Å². The van der Waals surface area contributed by atoms with Gasteiger partial charge in [0.25, 0.3) is 11.6 Å². The third kappa shape index (κ3) is 3.92. The van der Waals surface area contributed by atoms with Gasteiger partial charge in [-0.1, -0.05) is 0 Å². The second kappa shape index (κ2) is 6.14. The van der Waals surface area contributed by atoms with Crippen LogP contribution in [0.3, 0.4) is 0 Å². The maximum absolute atomic E-state index is 11.4. The van der Waals surface area contributed by atoms with Gasteiger partial charge in [0, 0.05) is 31.8 Å². The number of aliphatic hydroxyl groups excluding tert-OH is 1. The number of hydrogen-bond donors (Lipinski definition) is 1. The van der Waals surface area contributed by atoms with Crippen LogP contribution in [0.5, 0.6) is 5.75 Å². The molecule has 7 nitrogen and oxygen atoms in total. The van der Waals surface area contributed by atoms with E-state index >= 15 is 0 Å². The van der Waals surface area contributed by atoms with Gasteiger partial charge >= 0.3 is 0 Å². The molecule has 1 aromatic rings.